The molecule has 1 atom stereocenters. The van der Waals surface area contributed by atoms with Gasteiger partial charge in [-0.1, -0.05) is 6.07 Å². The Morgan fingerprint density at radius 3 is 2.44 bits per heavy atom. The van der Waals surface area contributed by atoms with Gasteiger partial charge in [0.1, 0.15) is 17.3 Å². The van der Waals surface area contributed by atoms with Gasteiger partial charge in [-0.15, -0.1) is 0 Å². The predicted octanol–water partition coefficient (Wildman–Crippen LogP) is 3.89. The number of pyridine rings is 1. The molecular weight excluding hydrogens is 514 g/mol. The average molecular weight is 546 g/mol. The molecule has 1 unspecified atom stereocenters. The van der Waals surface area contributed by atoms with E-state index in [2.05, 4.69) is 40.3 Å². The summed E-state index contributed by atoms with van der Waals surface area (Å²) in [4.78, 5) is 24.3. The fourth-order valence-electron chi connectivity index (χ4n) is 4.39. The van der Waals surface area contributed by atoms with Crippen molar-refractivity contribution in [1.82, 2.24) is 30.2 Å². The van der Waals surface area contributed by atoms with Crippen molar-refractivity contribution in [3.05, 3.63) is 72.7 Å². The molecule has 0 saturated carbocycles. The van der Waals surface area contributed by atoms with Gasteiger partial charge >= 0.3 is 0 Å². The van der Waals surface area contributed by atoms with Crippen LogP contribution < -0.4 is 20.3 Å². The Hall–Kier alpha value is -4.16. The Labute approximate surface area is 228 Å². The van der Waals surface area contributed by atoms with Crippen LogP contribution in [0.2, 0.25) is 0 Å². The molecule has 1 aliphatic rings. The normalized spacial score (nSPS) is 15.5. The van der Waals surface area contributed by atoms with Gasteiger partial charge in [-0.2, -0.15) is 4.98 Å². The zero-order valence-corrected chi connectivity index (χ0v) is 22.7. The number of anilines is 5. The van der Waals surface area contributed by atoms with Gasteiger partial charge in [0, 0.05) is 36.5 Å². The molecule has 5 rings (SSSR count). The van der Waals surface area contributed by atoms with E-state index in [1.807, 2.05) is 37.1 Å². The molecule has 39 heavy (non-hydrogen) atoms. The van der Waals surface area contributed by atoms with Gasteiger partial charge in [-0.25, -0.2) is 28.4 Å². The highest BCUT2D eigenvalue weighted by atomic mass is 32.2. The minimum Gasteiger partial charge on any atom is -0.324 e. The molecule has 0 spiro atoms. The molecule has 1 fully saturated rings. The summed E-state index contributed by atoms with van der Waals surface area (Å²) in [5.41, 5.74) is 2.83. The van der Waals surface area contributed by atoms with Gasteiger partial charge in [0.25, 0.3) is 0 Å². The van der Waals surface area contributed by atoms with Crippen molar-refractivity contribution < 1.29 is 8.42 Å². The molecule has 0 bridgehead atoms. The maximum absolute atomic E-state index is 12.6. The largest absolute Gasteiger partial charge is 0.324 e. The van der Waals surface area contributed by atoms with E-state index >= 15 is 0 Å². The highest BCUT2D eigenvalue weighted by Gasteiger charge is 2.21. The van der Waals surface area contributed by atoms with Crippen LogP contribution in [0.5, 0.6) is 0 Å². The van der Waals surface area contributed by atoms with E-state index in [9.17, 15) is 8.42 Å². The van der Waals surface area contributed by atoms with Gasteiger partial charge in [0.15, 0.2) is 5.82 Å². The number of nitrogens with one attached hydrogen (secondary N) is 3. The van der Waals surface area contributed by atoms with Crippen LogP contribution >= 0.6 is 0 Å². The van der Waals surface area contributed by atoms with Gasteiger partial charge in [-0.3, -0.25) is 4.72 Å². The number of hydrogen-bond acceptors (Lipinski definition) is 10. The average Bonchev–Trinajstić information content (AvgIpc) is 2.94. The van der Waals surface area contributed by atoms with Crippen molar-refractivity contribution in [2.24, 2.45) is 5.92 Å². The summed E-state index contributed by atoms with van der Waals surface area (Å²) in [7, 11) is -1.56. The van der Waals surface area contributed by atoms with Crippen LogP contribution in [-0.2, 0) is 10.0 Å². The maximum Gasteiger partial charge on any atom is 0.233 e. The molecule has 3 N–H and O–H groups in total. The first-order valence-electron chi connectivity index (χ1n) is 12.8. The van der Waals surface area contributed by atoms with Crippen LogP contribution in [0, 0.1) is 12.8 Å². The van der Waals surface area contributed by atoms with Crippen LogP contribution in [0.1, 0.15) is 18.5 Å². The number of piperidine rings is 1. The standard InChI is InChI=1S/C27H31N9O2S/c1-19-5-3-7-23(31-19)26-29-15-12-24(33-26)36(2)25-13-16-30-27(34-25)32-21-8-10-22(11-9-21)35-39(37,38)18-20-6-4-14-28-17-20/h3,5,7-13,15-16,20,28,35H,4,6,14,17-18H2,1-2H3,(H,30,32,34). The van der Waals surface area contributed by atoms with Crippen LogP contribution in [0.3, 0.4) is 0 Å². The molecule has 4 aromatic rings. The van der Waals surface area contributed by atoms with E-state index in [1.165, 1.54) is 0 Å². The van der Waals surface area contributed by atoms with Crippen molar-refractivity contribution in [2.45, 2.75) is 19.8 Å². The molecule has 1 saturated heterocycles. The number of hydrogen-bond donors (Lipinski definition) is 3. The first kappa shape index (κ1) is 26.4. The van der Waals surface area contributed by atoms with E-state index in [4.69, 9.17) is 0 Å². The molecule has 12 heteroatoms. The summed E-state index contributed by atoms with van der Waals surface area (Å²) >= 11 is 0. The fraction of sp³-hybridized carbons (Fsp3) is 0.296. The molecular formula is C27H31N9O2S. The summed E-state index contributed by atoms with van der Waals surface area (Å²) in [5, 5.41) is 6.43. The quantitative estimate of drug-likeness (QED) is 0.284. The number of aromatic nitrogens is 5. The van der Waals surface area contributed by atoms with E-state index in [-0.39, 0.29) is 11.7 Å². The minimum atomic E-state index is -3.43. The van der Waals surface area contributed by atoms with Crippen LogP contribution in [0.25, 0.3) is 11.5 Å². The molecule has 4 heterocycles. The number of rotatable bonds is 9. The van der Waals surface area contributed by atoms with Crippen molar-refractivity contribution in [3.8, 4) is 11.5 Å². The predicted molar refractivity (Wildman–Crippen MR) is 153 cm³/mol. The van der Waals surface area contributed by atoms with Gasteiger partial charge < -0.3 is 15.5 Å². The number of benzene rings is 1. The second-order valence-electron chi connectivity index (χ2n) is 9.50. The third-order valence-electron chi connectivity index (χ3n) is 6.35. The van der Waals surface area contributed by atoms with Crippen molar-refractivity contribution in [1.29, 1.82) is 0 Å². The topological polar surface area (TPSA) is 138 Å². The first-order chi connectivity index (χ1) is 18.8. The van der Waals surface area contributed by atoms with Crippen molar-refractivity contribution >= 4 is 39.0 Å². The summed E-state index contributed by atoms with van der Waals surface area (Å²) in [6.07, 6.45) is 5.28. The Kier molecular flexibility index (Phi) is 7.94. The lowest BCUT2D eigenvalue weighted by molar-refractivity contribution is 0.404. The second-order valence-corrected chi connectivity index (χ2v) is 11.3. The molecule has 1 aromatic carbocycles. The summed E-state index contributed by atoms with van der Waals surface area (Å²) in [5.74, 6) is 2.47. The summed E-state index contributed by atoms with van der Waals surface area (Å²) < 4.78 is 27.9. The molecule has 3 aromatic heterocycles. The lowest BCUT2D eigenvalue weighted by atomic mass is 10.0. The second kappa shape index (κ2) is 11.7. The molecule has 0 amide bonds. The molecule has 11 nitrogen and oxygen atoms in total. The number of aryl methyl sites for hydroxylation is 1. The molecule has 1 aliphatic heterocycles. The Balaban J connectivity index is 1.24. The smallest absolute Gasteiger partial charge is 0.233 e. The molecule has 202 valence electrons. The highest BCUT2D eigenvalue weighted by Crippen LogP contribution is 2.24. The van der Waals surface area contributed by atoms with Gasteiger partial charge in [0.2, 0.25) is 16.0 Å². The SMILES string of the molecule is Cc1cccc(-c2nccc(N(C)c3ccnc(Nc4ccc(NS(=O)(=O)CC5CCCNC5)cc4)n3)n2)n1. The monoisotopic (exact) mass is 545 g/mol. The van der Waals surface area contributed by atoms with Crippen LogP contribution in [0.4, 0.5) is 29.0 Å². The van der Waals surface area contributed by atoms with E-state index in [1.54, 1.807) is 48.8 Å². The van der Waals surface area contributed by atoms with Crippen molar-refractivity contribution in [3.63, 3.8) is 0 Å². The van der Waals surface area contributed by atoms with Gasteiger partial charge in [0.05, 0.1) is 5.75 Å². The maximum atomic E-state index is 12.6. The fourth-order valence-corrected chi connectivity index (χ4v) is 5.87. The van der Waals surface area contributed by atoms with Crippen LogP contribution in [-0.4, -0.2) is 59.2 Å². The zero-order valence-electron chi connectivity index (χ0n) is 21.9. The molecule has 0 radical (unpaired) electrons. The number of nitrogens with zero attached hydrogens (tertiary/aromatic N) is 6. The van der Waals surface area contributed by atoms with Crippen molar-refractivity contribution in [2.75, 3.05) is 40.8 Å². The Morgan fingerprint density at radius 2 is 1.69 bits per heavy atom. The highest BCUT2D eigenvalue weighted by molar-refractivity contribution is 7.92. The lowest BCUT2D eigenvalue weighted by Gasteiger charge is -2.22. The third kappa shape index (κ3) is 7.03. The van der Waals surface area contributed by atoms with E-state index < -0.39 is 10.0 Å². The summed E-state index contributed by atoms with van der Waals surface area (Å²) in [6, 6.07) is 16.3. The minimum absolute atomic E-state index is 0.115. The summed E-state index contributed by atoms with van der Waals surface area (Å²) in [6.45, 7) is 3.62. The van der Waals surface area contributed by atoms with Crippen LogP contribution in [0.15, 0.2) is 67.0 Å². The van der Waals surface area contributed by atoms with E-state index in [0.29, 0.717) is 34.8 Å². The third-order valence-corrected chi connectivity index (χ3v) is 7.81. The number of sulfonamides is 1. The first-order valence-corrected chi connectivity index (χ1v) is 14.4. The Bertz CT molecular complexity index is 1520. The molecule has 0 aliphatic carbocycles. The lowest BCUT2D eigenvalue weighted by Crippen LogP contribution is -2.35. The van der Waals surface area contributed by atoms with Gasteiger partial charge in [-0.05, 0) is 87.3 Å². The Morgan fingerprint density at radius 1 is 0.949 bits per heavy atom. The zero-order chi connectivity index (χ0) is 27.2. The van der Waals surface area contributed by atoms with E-state index in [0.717, 1.165) is 37.3 Å².